The van der Waals surface area contributed by atoms with Crippen molar-refractivity contribution in [3.63, 3.8) is 0 Å². The summed E-state index contributed by atoms with van der Waals surface area (Å²) < 4.78 is 42.6. The van der Waals surface area contributed by atoms with Gasteiger partial charge in [0.15, 0.2) is 6.04 Å². The highest BCUT2D eigenvalue weighted by Crippen LogP contribution is 2.61. The number of nitrogens with zero attached hydrogens (tertiary/aromatic N) is 2. The van der Waals surface area contributed by atoms with Gasteiger partial charge in [0.1, 0.15) is 11.4 Å². The number of alkyl halides is 3. The van der Waals surface area contributed by atoms with Gasteiger partial charge in [0.25, 0.3) is 5.91 Å². The van der Waals surface area contributed by atoms with Gasteiger partial charge in [0.2, 0.25) is 0 Å². The van der Waals surface area contributed by atoms with Gasteiger partial charge in [0, 0.05) is 12.5 Å². The first-order valence-electron chi connectivity index (χ1n) is 11.3. The lowest BCUT2D eigenvalue weighted by Crippen LogP contribution is -2.60. The van der Waals surface area contributed by atoms with Crippen LogP contribution >= 0.6 is 0 Å². The molecule has 1 aromatic carbocycles. The Morgan fingerprint density at radius 1 is 1.19 bits per heavy atom. The average molecular weight is 447 g/mol. The maximum absolute atomic E-state index is 13.9. The molecule has 1 amide bonds. The second kappa shape index (κ2) is 7.25. The van der Waals surface area contributed by atoms with Crippen molar-refractivity contribution >= 4 is 11.7 Å². The van der Waals surface area contributed by atoms with Gasteiger partial charge in [-0.1, -0.05) is 51.1 Å². The fourth-order valence-corrected chi connectivity index (χ4v) is 6.22. The largest absolute Gasteiger partial charge is 0.410 e. The lowest BCUT2D eigenvalue weighted by atomic mass is 9.45. The van der Waals surface area contributed by atoms with Crippen molar-refractivity contribution < 1.29 is 18.0 Å². The van der Waals surface area contributed by atoms with Gasteiger partial charge >= 0.3 is 6.18 Å². The third-order valence-corrected chi connectivity index (χ3v) is 8.36. The van der Waals surface area contributed by atoms with E-state index in [9.17, 15) is 18.0 Å². The van der Waals surface area contributed by atoms with E-state index in [0.29, 0.717) is 23.2 Å². The summed E-state index contributed by atoms with van der Waals surface area (Å²) in [4.78, 5) is 13.2. The Morgan fingerprint density at radius 3 is 2.53 bits per heavy atom. The van der Waals surface area contributed by atoms with Crippen molar-refractivity contribution in [3.05, 3.63) is 47.7 Å². The number of anilines is 1. The van der Waals surface area contributed by atoms with Crippen molar-refractivity contribution in [1.29, 1.82) is 0 Å². The number of carbonyl (C=O) groups is 1. The number of fused-ring (bicyclic) bond motifs is 3. The number of halogens is 3. The van der Waals surface area contributed by atoms with E-state index in [4.69, 9.17) is 0 Å². The molecule has 2 N–H and O–H groups in total. The van der Waals surface area contributed by atoms with Gasteiger partial charge in [-0.15, -0.1) is 0 Å². The summed E-state index contributed by atoms with van der Waals surface area (Å²) in [5.41, 5.74) is 1.22. The molecule has 3 saturated carbocycles. The van der Waals surface area contributed by atoms with Gasteiger partial charge in [-0.25, -0.2) is 4.68 Å². The van der Waals surface area contributed by atoms with Crippen LogP contribution in [0.1, 0.15) is 68.0 Å². The molecule has 3 fully saturated rings. The van der Waals surface area contributed by atoms with Crippen LogP contribution in [0.5, 0.6) is 0 Å². The third kappa shape index (κ3) is 3.30. The molecular weight excluding hydrogens is 417 g/mol. The number of hydrogen-bond acceptors (Lipinski definition) is 3. The van der Waals surface area contributed by atoms with E-state index in [1.807, 2.05) is 6.07 Å². The van der Waals surface area contributed by atoms with Gasteiger partial charge in [-0.05, 0) is 41.6 Å². The highest BCUT2D eigenvalue weighted by molar-refractivity contribution is 5.99. The number of benzene rings is 1. The van der Waals surface area contributed by atoms with E-state index in [1.54, 1.807) is 24.3 Å². The summed E-state index contributed by atoms with van der Waals surface area (Å²) in [5, 5.41) is 10.3. The second-order valence-electron chi connectivity index (χ2n) is 10.3. The molecule has 172 valence electrons. The first-order chi connectivity index (χ1) is 15.1. The molecule has 3 aliphatic carbocycles. The minimum absolute atomic E-state index is 0.0294. The zero-order valence-electron chi connectivity index (χ0n) is 18.5. The molecule has 2 bridgehead atoms. The average Bonchev–Trinajstić information content (AvgIpc) is 3.18. The Hall–Kier alpha value is -2.51. The molecule has 6 atom stereocenters. The standard InChI is InChI=1S/C24H29F3N4O/c1-13-17-9-15(23(17,2)3)10-18(13)30-22(32)16-12-28-31-20(24(25,26)27)11-19(29-21(16)31)14-7-5-4-6-8-14/h4-8,12-13,15,17-20,29H,9-11H2,1-3H3,(H,30,32). The van der Waals surface area contributed by atoms with Crippen molar-refractivity contribution in [1.82, 2.24) is 15.1 Å². The number of aromatic nitrogens is 2. The van der Waals surface area contributed by atoms with Crippen LogP contribution in [0.4, 0.5) is 19.0 Å². The SMILES string of the molecule is CC1C(NC(=O)c2cnn3c2NC(c2ccccc2)CC3C(F)(F)F)CC2CC1C2(C)C. The Bertz CT molecular complexity index is 1020. The van der Waals surface area contributed by atoms with Gasteiger partial charge in [0.05, 0.1) is 12.2 Å². The molecule has 32 heavy (non-hydrogen) atoms. The summed E-state index contributed by atoms with van der Waals surface area (Å²) in [5.74, 6) is 1.25. The van der Waals surface area contributed by atoms with Crippen LogP contribution < -0.4 is 10.6 Å². The lowest BCUT2D eigenvalue weighted by Gasteiger charge is -2.62. The third-order valence-electron chi connectivity index (χ3n) is 8.36. The molecule has 6 unspecified atom stereocenters. The summed E-state index contributed by atoms with van der Waals surface area (Å²) in [7, 11) is 0. The first-order valence-corrected chi connectivity index (χ1v) is 11.3. The second-order valence-corrected chi connectivity index (χ2v) is 10.3. The number of nitrogens with one attached hydrogen (secondary N) is 2. The summed E-state index contributed by atoms with van der Waals surface area (Å²) >= 11 is 0. The van der Waals surface area contributed by atoms with Gasteiger partial charge in [-0.3, -0.25) is 4.79 Å². The molecule has 0 spiro atoms. The molecule has 0 radical (unpaired) electrons. The van der Waals surface area contributed by atoms with Crippen molar-refractivity contribution in [2.75, 3.05) is 5.32 Å². The van der Waals surface area contributed by atoms with Crippen molar-refractivity contribution in [2.24, 2.45) is 23.2 Å². The number of hydrogen-bond donors (Lipinski definition) is 2. The van der Waals surface area contributed by atoms with E-state index < -0.39 is 18.3 Å². The molecule has 2 heterocycles. The van der Waals surface area contributed by atoms with Crippen LogP contribution in [-0.2, 0) is 0 Å². The van der Waals surface area contributed by atoms with Crippen LogP contribution in [0.25, 0.3) is 0 Å². The van der Waals surface area contributed by atoms with E-state index >= 15 is 0 Å². The number of amides is 1. The van der Waals surface area contributed by atoms with Crippen LogP contribution in [0.3, 0.4) is 0 Å². The maximum Gasteiger partial charge on any atom is 0.410 e. The first kappa shape index (κ1) is 21.3. The Kier molecular flexibility index (Phi) is 4.84. The zero-order valence-corrected chi connectivity index (χ0v) is 18.5. The molecule has 8 heteroatoms. The van der Waals surface area contributed by atoms with Gasteiger partial charge in [-0.2, -0.15) is 18.3 Å². The molecule has 1 aliphatic heterocycles. The van der Waals surface area contributed by atoms with Crippen LogP contribution in [0.15, 0.2) is 36.5 Å². The van der Waals surface area contributed by atoms with E-state index in [2.05, 4.69) is 36.5 Å². The van der Waals surface area contributed by atoms with Crippen molar-refractivity contribution in [2.45, 2.75) is 64.3 Å². The Morgan fingerprint density at radius 2 is 1.91 bits per heavy atom. The molecule has 5 nitrogen and oxygen atoms in total. The van der Waals surface area contributed by atoms with Crippen LogP contribution in [-0.4, -0.2) is 27.9 Å². The van der Waals surface area contributed by atoms with Crippen LogP contribution in [0, 0.1) is 23.2 Å². The quantitative estimate of drug-likeness (QED) is 0.669. The highest BCUT2D eigenvalue weighted by atomic mass is 19.4. The highest BCUT2D eigenvalue weighted by Gasteiger charge is 2.56. The summed E-state index contributed by atoms with van der Waals surface area (Å²) in [6, 6.07) is 6.72. The van der Waals surface area contributed by atoms with Crippen molar-refractivity contribution in [3.8, 4) is 0 Å². The van der Waals surface area contributed by atoms with Gasteiger partial charge < -0.3 is 10.6 Å². The predicted molar refractivity (Wildman–Crippen MR) is 115 cm³/mol. The van der Waals surface area contributed by atoms with E-state index in [1.165, 1.54) is 12.6 Å². The number of rotatable bonds is 3. The normalized spacial score (nSPS) is 32.9. The molecule has 2 aromatic rings. The topological polar surface area (TPSA) is 59.0 Å². The Labute approximate surface area is 185 Å². The minimum atomic E-state index is -4.46. The van der Waals surface area contributed by atoms with Crippen LogP contribution in [0.2, 0.25) is 0 Å². The molecule has 0 saturated heterocycles. The molecule has 6 rings (SSSR count). The molecule has 1 aromatic heterocycles. The lowest BCUT2D eigenvalue weighted by molar-refractivity contribution is -0.173. The monoisotopic (exact) mass is 446 g/mol. The fraction of sp³-hybridized carbons (Fsp3) is 0.583. The minimum Gasteiger partial charge on any atom is -0.363 e. The zero-order chi connectivity index (χ0) is 22.8. The fourth-order valence-electron chi connectivity index (χ4n) is 6.22. The van der Waals surface area contributed by atoms with E-state index in [-0.39, 0.29) is 29.8 Å². The van der Waals surface area contributed by atoms with E-state index in [0.717, 1.165) is 16.7 Å². The summed E-state index contributed by atoms with van der Waals surface area (Å²) in [6.45, 7) is 6.75. The molecule has 4 aliphatic rings. The maximum atomic E-state index is 13.9. The molecular formula is C24H29F3N4O. The Balaban J connectivity index is 1.41. The summed E-state index contributed by atoms with van der Waals surface area (Å²) in [6.07, 6.45) is -1.28. The number of carbonyl (C=O) groups excluding carboxylic acids is 1. The predicted octanol–water partition coefficient (Wildman–Crippen LogP) is 5.34. The smallest absolute Gasteiger partial charge is 0.363 e.